The molecule has 0 aromatic rings. The predicted octanol–water partition coefficient (Wildman–Crippen LogP) is -0.421. The average Bonchev–Trinajstić information content (AvgIpc) is 2.41. The average molecular weight is 267 g/mol. The zero-order valence-corrected chi connectivity index (χ0v) is 11.3. The summed E-state index contributed by atoms with van der Waals surface area (Å²) in [6.45, 7) is 1.71. The highest BCUT2D eigenvalue weighted by Gasteiger charge is 2.34. The summed E-state index contributed by atoms with van der Waals surface area (Å²) in [5, 5.41) is 0. The van der Waals surface area contributed by atoms with Gasteiger partial charge < -0.3 is 15.5 Å². The summed E-state index contributed by atoms with van der Waals surface area (Å²) in [6, 6.07) is 0. The Morgan fingerprint density at radius 1 is 1.21 bits per heavy atom. The van der Waals surface area contributed by atoms with Crippen LogP contribution in [0, 0.1) is 11.8 Å². The summed E-state index contributed by atoms with van der Waals surface area (Å²) in [7, 11) is 1.76. The number of nitrogens with zero attached hydrogens (tertiary/aromatic N) is 2. The number of amides is 3. The fourth-order valence-electron chi connectivity index (χ4n) is 2.82. The van der Waals surface area contributed by atoms with Gasteiger partial charge in [0.25, 0.3) is 0 Å². The van der Waals surface area contributed by atoms with Crippen molar-refractivity contribution in [2.24, 2.45) is 17.6 Å². The van der Waals surface area contributed by atoms with Crippen molar-refractivity contribution in [3.8, 4) is 0 Å². The Hall–Kier alpha value is -1.59. The largest absolute Gasteiger partial charge is 0.369 e. The smallest absolute Gasteiger partial charge is 0.226 e. The molecule has 6 nitrogen and oxygen atoms in total. The second-order valence-corrected chi connectivity index (χ2v) is 5.53. The van der Waals surface area contributed by atoms with Crippen molar-refractivity contribution >= 4 is 17.7 Å². The van der Waals surface area contributed by atoms with Crippen molar-refractivity contribution in [3.05, 3.63) is 0 Å². The van der Waals surface area contributed by atoms with Crippen molar-refractivity contribution in [2.45, 2.75) is 25.7 Å². The Balaban J connectivity index is 1.96. The van der Waals surface area contributed by atoms with Gasteiger partial charge in [0, 0.05) is 39.0 Å². The fraction of sp³-hybridized carbons (Fsp3) is 0.769. The van der Waals surface area contributed by atoms with Gasteiger partial charge in [-0.25, -0.2) is 0 Å². The molecule has 0 spiro atoms. The van der Waals surface area contributed by atoms with Gasteiger partial charge >= 0.3 is 0 Å². The molecular formula is C13H21N3O3. The van der Waals surface area contributed by atoms with E-state index >= 15 is 0 Å². The van der Waals surface area contributed by atoms with Gasteiger partial charge in [0.15, 0.2) is 0 Å². The van der Waals surface area contributed by atoms with Gasteiger partial charge in [-0.05, 0) is 19.3 Å². The Morgan fingerprint density at radius 3 is 2.58 bits per heavy atom. The number of hydrogen-bond acceptors (Lipinski definition) is 3. The third-order valence-electron chi connectivity index (χ3n) is 4.14. The van der Waals surface area contributed by atoms with E-state index in [-0.39, 0.29) is 36.0 Å². The molecule has 3 amide bonds. The summed E-state index contributed by atoms with van der Waals surface area (Å²) in [5.74, 6) is -0.771. The van der Waals surface area contributed by atoms with Crippen LogP contribution in [-0.2, 0) is 14.4 Å². The first-order valence-corrected chi connectivity index (χ1v) is 6.81. The van der Waals surface area contributed by atoms with Crippen molar-refractivity contribution in [3.63, 3.8) is 0 Å². The lowest BCUT2D eigenvalue weighted by Gasteiger charge is -2.36. The summed E-state index contributed by atoms with van der Waals surface area (Å²) in [6.07, 6.45) is 2.55. The Kier molecular flexibility index (Phi) is 4.07. The number of nitrogens with two attached hydrogens (primary N) is 1. The van der Waals surface area contributed by atoms with Crippen LogP contribution in [0.2, 0.25) is 0 Å². The molecule has 0 aliphatic carbocycles. The SMILES string of the molecule is CN1CC[C@@H](C(=O)N2CCC[C@@H](C(N)=O)C2)CC1=O. The lowest BCUT2D eigenvalue weighted by Crippen LogP contribution is -2.48. The van der Waals surface area contributed by atoms with E-state index in [1.54, 1.807) is 16.8 Å². The van der Waals surface area contributed by atoms with Crippen LogP contribution in [0.5, 0.6) is 0 Å². The molecule has 0 unspecified atom stereocenters. The first-order valence-electron chi connectivity index (χ1n) is 6.81. The second kappa shape index (κ2) is 5.59. The molecule has 106 valence electrons. The number of primary amides is 1. The van der Waals surface area contributed by atoms with E-state index in [4.69, 9.17) is 5.73 Å². The Bertz CT molecular complexity index is 397. The highest BCUT2D eigenvalue weighted by molar-refractivity contribution is 5.87. The molecule has 2 fully saturated rings. The number of likely N-dealkylation sites (tertiary alicyclic amines) is 2. The van der Waals surface area contributed by atoms with Gasteiger partial charge in [0.05, 0.1) is 5.92 Å². The minimum atomic E-state index is -0.336. The maximum Gasteiger partial charge on any atom is 0.226 e. The van der Waals surface area contributed by atoms with Gasteiger partial charge in [-0.1, -0.05) is 0 Å². The first-order chi connectivity index (χ1) is 8.99. The van der Waals surface area contributed by atoms with E-state index in [1.165, 1.54) is 0 Å². The molecule has 19 heavy (non-hydrogen) atoms. The van der Waals surface area contributed by atoms with Crippen molar-refractivity contribution < 1.29 is 14.4 Å². The number of hydrogen-bond donors (Lipinski definition) is 1. The molecule has 0 radical (unpaired) electrons. The van der Waals surface area contributed by atoms with E-state index in [0.29, 0.717) is 26.1 Å². The molecule has 0 aromatic heterocycles. The van der Waals surface area contributed by atoms with Crippen LogP contribution in [0.3, 0.4) is 0 Å². The van der Waals surface area contributed by atoms with Gasteiger partial charge in [0.1, 0.15) is 0 Å². The summed E-state index contributed by atoms with van der Waals surface area (Å²) in [4.78, 5) is 38.6. The molecule has 2 heterocycles. The molecule has 2 rings (SSSR count). The van der Waals surface area contributed by atoms with Crippen LogP contribution < -0.4 is 5.73 Å². The molecule has 2 saturated heterocycles. The number of carbonyl (C=O) groups is 3. The van der Waals surface area contributed by atoms with E-state index in [0.717, 1.165) is 12.8 Å². The molecule has 2 atom stereocenters. The molecule has 2 N–H and O–H groups in total. The van der Waals surface area contributed by atoms with Crippen LogP contribution in [-0.4, -0.2) is 54.2 Å². The molecule has 0 bridgehead atoms. The summed E-state index contributed by atoms with van der Waals surface area (Å²) >= 11 is 0. The molecule has 6 heteroatoms. The standard InChI is InChI=1S/C13H21N3O3/c1-15-6-4-9(7-11(15)17)13(19)16-5-2-3-10(8-16)12(14)18/h9-10H,2-8H2,1H3,(H2,14,18)/t9-,10-/m1/s1. The van der Waals surface area contributed by atoms with Gasteiger partial charge in [-0.3, -0.25) is 14.4 Å². The minimum absolute atomic E-state index is 0.00685. The molecule has 0 saturated carbocycles. The lowest BCUT2D eigenvalue weighted by atomic mass is 9.92. The lowest BCUT2D eigenvalue weighted by molar-refractivity contribution is -0.146. The third-order valence-corrected chi connectivity index (χ3v) is 4.14. The first kappa shape index (κ1) is 13.8. The van der Waals surface area contributed by atoms with E-state index < -0.39 is 0 Å². The minimum Gasteiger partial charge on any atom is -0.369 e. The van der Waals surface area contributed by atoms with Crippen LogP contribution in [0.25, 0.3) is 0 Å². The third kappa shape index (κ3) is 3.05. The number of piperidine rings is 2. The van der Waals surface area contributed by atoms with E-state index in [2.05, 4.69) is 0 Å². The highest BCUT2D eigenvalue weighted by atomic mass is 16.2. The van der Waals surface area contributed by atoms with Crippen molar-refractivity contribution in [2.75, 3.05) is 26.7 Å². The molecule has 2 aliphatic heterocycles. The maximum absolute atomic E-state index is 12.4. The van der Waals surface area contributed by atoms with Crippen LogP contribution in [0.4, 0.5) is 0 Å². The Morgan fingerprint density at radius 2 is 1.95 bits per heavy atom. The summed E-state index contributed by atoms with van der Waals surface area (Å²) in [5.41, 5.74) is 5.31. The maximum atomic E-state index is 12.4. The summed E-state index contributed by atoms with van der Waals surface area (Å²) < 4.78 is 0. The molecule has 0 aromatic carbocycles. The van der Waals surface area contributed by atoms with Gasteiger partial charge in [-0.15, -0.1) is 0 Å². The van der Waals surface area contributed by atoms with Crippen molar-refractivity contribution in [1.29, 1.82) is 0 Å². The number of carbonyl (C=O) groups excluding carboxylic acids is 3. The molecular weight excluding hydrogens is 246 g/mol. The highest BCUT2D eigenvalue weighted by Crippen LogP contribution is 2.23. The van der Waals surface area contributed by atoms with Gasteiger partial charge in [-0.2, -0.15) is 0 Å². The van der Waals surface area contributed by atoms with Crippen LogP contribution in [0.15, 0.2) is 0 Å². The van der Waals surface area contributed by atoms with E-state index in [1.807, 2.05) is 0 Å². The van der Waals surface area contributed by atoms with E-state index in [9.17, 15) is 14.4 Å². The fourth-order valence-corrected chi connectivity index (χ4v) is 2.82. The van der Waals surface area contributed by atoms with Crippen molar-refractivity contribution in [1.82, 2.24) is 9.80 Å². The Labute approximate surface area is 112 Å². The predicted molar refractivity (Wildman–Crippen MR) is 68.9 cm³/mol. The second-order valence-electron chi connectivity index (χ2n) is 5.53. The monoisotopic (exact) mass is 267 g/mol. The molecule has 2 aliphatic rings. The number of rotatable bonds is 2. The zero-order valence-electron chi connectivity index (χ0n) is 11.3. The topological polar surface area (TPSA) is 83.7 Å². The normalized spacial score (nSPS) is 28.4. The quantitative estimate of drug-likeness (QED) is 0.737. The van der Waals surface area contributed by atoms with Gasteiger partial charge in [0.2, 0.25) is 17.7 Å². The van der Waals surface area contributed by atoms with Crippen LogP contribution in [0.1, 0.15) is 25.7 Å². The zero-order chi connectivity index (χ0) is 14.0. The van der Waals surface area contributed by atoms with Crippen LogP contribution >= 0.6 is 0 Å².